The van der Waals surface area contributed by atoms with Crippen LogP contribution in [-0.4, -0.2) is 15.5 Å². The highest BCUT2D eigenvalue weighted by Crippen LogP contribution is 2.19. The van der Waals surface area contributed by atoms with Crippen LogP contribution in [0.15, 0.2) is 35.2 Å². The van der Waals surface area contributed by atoms with Gasteiger partial charge in [0.2, 0.25) is 0 Å². The van der Waals surface area contributed by atoms with Gasteiger partial charge in [-0.1, -0.05) is 0 Å². The summed E-state index contributed by atoms with van der Waals surface area (Å²) in [7, 11) is 0. The van der Waals surface area contributed by atoms with E-state index in [1.54, 1.807) is 12.4 Å². The number of pyridine rings is 1. The summed E-state index contributed by atoms with van der Waals surface area (Å²) in [6.45, 7) is 6.60. The molecule has 0 aliphatic carbocycles. The summed E-state index contributed by atoms with van der Waals surface area (Å²) >= 11 is 3.42. The third kappa shape index (κ3) is 3.28. The molecule has 4 nitrogen and oxygen atoms in total. The summed E-state index contributed by atoms with van der Waals surface area (Å²) in [5.41, 5.74) is 2.82. The highest BCUT2D eigenvalue weighted by Gasteiger charge is 2.14. The van der Waals surface area contributed by atoms with E-state index >= 15 is 0 Å². The van der Waals surface area contributed by atoms with Crippen molar-refractivity contribution in [3.05, 3.63) is 52.0 Å². The molecule has 0 saturated carbocycles. The average Bonchev–Trinajstić information content (AvgIpc) is 2.80. The van der Waals surface area contributed by atoms with Crippen molar-refractivity contribution in [2.45, 2.75) is 33.4 Å². The van der Waals surface area contributed by atoms with E-state index in [9.17, 15) is 4.79 Å². The Morgan fingerprint density at radius 3 is 2.90 bits per heavy atom. The molecule has 0 radical (unpaired) electrons. The second-order valence-electron chi connectivity index (χ2n) is 5.03. The molecule has 2 aromatic rings. The van der Waals surface area contributed by atoms with Crippen LogP contribution in [-0.2, 0) is 6.54 Å². The number of aryl methyl sites for hydroxylation is 1. The van der Waals surface area contributed by atoms with E-state index in [4.69, 9.17) is 0 Å². The van der Waals surface area contributed by atoms with Gasteiger partial charge in [-0.15, -0.1) is 0 Å². The molecule has 5 heteroatoms. The van der Waals surface area contributed by atoms with E-state index in [2.05, 4.69) is 40.1 Å². The van der Waals surface area contributed by atoms with Crippen LogP contribution in [0, 0.1) is 6.92 Å². The van der Waals surface area contributed by atoms with Crippen molar-refractivity contribution in [1.29, 1.82) is 0 Å². The lowest BCUT2D eigenvalue weighted by Gasteiger charge is -2.13. The number of hydrogen-bond donors (Lipinski definition) is 1. The van der Waals surface area contributed by atoms with Crippen LogP contribution in [0.25, 0.3) is 0 Å². The van der Waals surface area contributed by atoms with E-state index in [1.165, 1.54) is 0 Å². The van der Waals surface area contributed by atoms with E-state index in [0.717, 1.165) is 15.6 Å². The zero-order valence-corrected chi connectivity index (χ0v) is 13.4. The van der Waals surface area contributed by atoms with Crippen molar-refractivity contribution in [2.24, 2.45) is 0 Å². The first-order chi connectivity index (χ1) is 9.49. The minimum Gasteiger partial charge on any atom is -0.347 e. The zero-order valence-electron chi connectivity index (χ0n) is 11.9. The SMILES string of the molecule is Cc1ccncc1CNC(=O)c1cc(Br)cn1C(C)C. The summed E-state index contributed by atoms with van der Waals surface area (Å²) in [4.78, 5) is 16.4. The number of carbonyl (C=O) groups excluding carboxylic acids is 1. The van der Waals surface area contributed by atoms with Crippen molar-refractivity contribution in [1.82, 2.24) is 14.9 Å². The van der Waals surface area contributed by atoms with Crippen LogP contribution in [0.3, 0.4) is 0 Å². The molecular formula is C15H18BrN3O. The largest absolute Gasteiger partial charge is 0.347 e. The highest BCUT2D eigenvalue weighted by atomic mass is 79.9. The lowest BCUT2D eigenvalue weighted by atomic mass is 10.1. The Kier molecular flexibility index (Phi) is 4.60. The monoisotopic (exact) mass is 335 g/mol. The van der Waals surface area contributed by atoms with Gasteiger partial charge in [-0.25, -0.2) is 0 Å². The molecule has 0 fully saturated rings. The molecule has 0 aliphatic rings. The molecule has 0 saturated heterocycles. The van der Waals surface area contributed by atoms with Crippen molar-refractivity contribution in [3.63, 3.8) is 0 Å². The molecule has 0 aliphatic heterocycles. The Morgan fingerprint density at radius 1 is 1.50 bits per heavy atom. The first kappa shape index (κ1) is 14.8. The molecule has 2 aromatic heterocycles. The van der Waals surface area contributed by atoms with Gasteiger partial charge in [-0.3, -0.25) is 9.78 Å². The van der Waals surface area contributed by atoms with Gasteiger partial charge in [0.1, 0.15) is 5.69 Å². The Balaban J connectivity index is 2.11. The van der Waals surface area contributed by atoms with Gasteiger partial charge in [0.05, 0.1) is 0 Å². The van der Waals surface area contributed by atoms with Crippen LogP contribution in [0.4, 0.5) is 0 Å². The van der Waals surface area contributed by atoms with Crippen molar-refractivity contribution >= 4 is 21.8 Å². The lowest BCUT2D eigenvalue weighted by molar-refractivity contribution is 0.0940. The minimum absolute atomic E-state index is 0.0762. The van der Waals surface area contributed by atoms with E-state index in [0.29, 0.717) is 12.2 Å². The van der Waals surface area contributed by atoms with Crippen LogP contribution >= 0.6 is 15.9 Å². The molecule has 0 aromatic carbocycles. The predicted octanol–water partition coefficient (Wildman–Crippen LogP) is 3.46. The lowest BCUT2D eigenvalue weighted by Crippen LogP contribution is -2.26. The molecular weight excluding hydrogens is 318 g/mol. The van der Waals surface area contributed by atoms with E-state index in [1.807, 2.05) is 29.8 Å². The second-order valence-corrected chi connectivity index (χ2v) is 5.95. The average molecular weight is 336 g/mol. The zero-order chi connectivity index (χ0) is 14.7. The van der Waals surface area contributed by atoms with Crippen LogP contribution < -0.4 is 5.32 Å². The molecule has 2 heterocycles. The molecule has 20 heavy (non-hydrogen) atoms. The number of amides is 1. The standard InChI is InChI=1S/C15H18BrN3O/c1-10(2)19-9-13(16)6-14(19)15(20)18-8-12-7-17-5-4-11(12)3/h4-7,9-10H,8H2,1-3H3,(H,18,20). The van der Waals surface area contributed by atoms with Crippen LogP contribution in [0.2, 0.25) is 0 Å². The van der Waals surface area contributed by atoms with Gasteiger partial charge >= 0.3 is 0 Å². The maximum absolute atomic E-state index is 12.3. The molecule has 1 amide bonds. The summed E-state index contributed by atoms with van der Waals surface area (Å²) < 4.78 is 2.86. The Morgan fingerprint density at radius 2 is 2.25 bits per heavy atom. The quantitative estimate of drug-likeness (QED) is 0.929. The van der Waals surface area contributed by atoms with Gasteiger partial charge in [-0.2, -0.15) is 0 Å². The van der Waals surface area contributed by atoms with E-state index in [-0.39, 0.29) is 11.9 Å². The Labute approximate surface area is 127 Å². The smallest absolute Gasteiger partial charge is 0.268 e. The number of nitrogens with one attached hydrogen (secondary N) is 1. The first-order valence-corrected chi connectivity index (χ1v) is 7.33. The summed E-state index contributed by atoms with van der Waals surface area (Å²) in [5.74, 6) is -0.0762. The molecule has 0 unspecified atom stereocenters. The van der Waals surface area contributed by atoms with Gasteiger partial charge in [0.25, 0.3) is 5.91 Å². The van der Waals surface area contributed by atoms with Crippen LogP contribution in [0.1, 0.15) is 41.5 Å². The second kappa shape index (κ2) is 6.22. The summed E-state index contributed by atoms with van der Waals surface area (Å²) in [6, 6.07) is 4.02. The minimum atomic E-state index is -0.0762. The number of rotatable bonds is 4. The number of aromatic nitrogens is 2. The fraction of sp³-hybridized carbons (Fsp3) is 0.333. The number of halogens is 1. The molecule has 0 spiro atoms. The maximum atomic E-state index is 12.3. The Bertz CT molecular complexity index is 619. The first-order valence-electron chi connectivity index (χ1n) is 6.54. The van der Waals surface area contributed by atoms with Gasteiger partial charge in [0.15, 0.2) is 0 Å². The molecule has 106 valence electrons. The fourth-order valence-corrected chi connectivity index (χ4v) is 2.44. The third-order valence-corrected chi connectivity index (χ3v) is 3.62. The van der Waals surface area contributed by atoms with Gasteiger partial charge in [0, 0.05) is 35.6 Å². The summed E-state index contributed by atoms with van der Waals surface area (Å²) in [5, 5.41) is 2.94. The molecule has 0 atom stereocenters. The van der Waals surface area contributed by atoms with Crippen molar-refractivity contribution in [2.75, 3.05) is 0 Å². The molecule has 2 rings (SSSR count). The highest BCUT2D eigenvalue weighted by molar-refractivity contribution is 9.10. The van der Waals surface area contributed by atoms with E-state index < -0.39 is 0 Å². The van der Waals surface area contributed by atoms with Crippen LogP contribution in [0.5, 0.6) is 0 Å². The number of hydrogen-bond acceptors (Lipinski definition) is 2. The Hall–Kier alpha value is -1.62. The number of nitrogens with zero attached hydrogens (tertiary/aromatic N) is 2. The predicted molar refractivity (Wildman–Crippen MR) is 82.7 cm³/mol. The van der Waals surface area contributed by atoms with Gasteiger partial charge < -0.3 is 9.88 Å². The molecule has 0 bridgehead atoms. The van der Waals surface area contributed by atoms with Crippen molar-refractivity contribution in [3.8, 4) is 0 Å². The number of carbonyl (C=O) groups is 1. The topological polar surface area (TPSA) is 46.9 Å². The molecule has 1 N–H and O–H groups in total. The third-order valence-electron chi connectivity index (χ3n) is 3.19. The normalized spacial score (nSPS) is 10.8. The van der Waals surface area contributed by atoms with Crippen molar-refractivity contribution < 1.29 is 4.79 Å². The fourth-order valence-electron chi connectivity index (χ4n) is 2.00. The van der Waals surface area contributed by atoms with Gasteiger partial charge in [-0.05, 0) is 60.0 Å². The maximum Gasteiger partial charge on any atom is 0.268 e. The summed E-state index contributed by atoms with van der Waals surface area (Å²) in [6.07, 6.45) is 5.46.